The molecule has 1 saturated heterocycles. The van der Waals surface area contributed by atoms with Gasteiger partial charge in [0.1, 0.15) is 4.32 Å². The number of thioether (sulfide) groups is 1. The number of methoxy groups -OCH3 is 1. The summed E-state index contributed by atoms with van der Waals surface area (Å²) in [5.74, 6) is -0.483. The SMILES string of the molecule is C=CCN1C(=O)/C(=C/c2cc(C)n(-c3cccc(C(=O)OC)c3)c2C)SC1=S. The lowest BCUT2D eigenvalue weighted by atomic mass is 10.2. The number of aromatic nitrogens is 1. The van der Waals surface area contributed by atoms with Crippen LogP contribution in [0.1, 0.15) is 27.3 Å². The maximum absolute atomic E-state index is 12.6. The van der Waals surface area contributed by atoms with Crippen LogP contribution in [0.25, 0.3) is 11.8 Å². The Morgan fingerprint density at radius 3 is 2.75 bits per heavy atom. The zero-order valence-corrected chi connectivity index (χ0v) is 17.5. The molecular weight excluding hydrogens is 392 g/mol. The molecule has 1 aliphatic rings. The first-order chi connectivity index (χ1) is 13.4. The number of amides is 1. The molecule has 1 aromatic carbocycles. The summed E-state index contributed by atoms with van der Waals surface area (Å²) in [4.78, 5) is 26.6. The van der Waals surface area contributed by atoms with Crippen LogP contribution in [0.4, 0.5) is 0 Å². The van der Waals surface area contributed by atoms with Crippen LogP contribution in [0, 0.1) is 13.8 Å². The molecule has 144 valence electrons. The Morgan fingerprint density at radius 2 is 2.07 bits per heavy atom. The van der Waals surface area contributed by atoms with Gasteiger partial charge in [-0.25, -0.2) is 4.79 Å². The quantitative estimate of drug-likeness (QED) is 0.318. The minimum absolute atomic E-state index is 0.104. The summed E-state index contributed by atoms with van der Waals surface area (Å²) in [5, 5.41) is 0. The number of carbonyl (C=O) groups is 2. The fraction of sp³-hybridized carbons (Fsp3) is 0.190. The number of thiocarbonyl (C=S) groups is 1. The normalized spacial score (nSPS) is 15.4. The van der Waals surface area contributed by atoms with E-state index >= 15 is 0 Å². The zero-order valence-electron chi connectivity index (χ0n) is 15.9. The van der Waals surface area contributed by atoms with Crippen molar-refractivity contribution in [1.82, 2.24) is 9.47 Å². The first kappa shape index (κ1) is 20.1. The largest absolute Gasteiger partial charge is 0.465 e. The third-order valence-electron chi connectivity index (χ3n) is 4.47. The van der Waals surface area contributed by atoms with Crippen molar-refractivity contribution < 1.29 is 14.3 Å². The topological polar surface area (TPSA) is 51.5 Å². The molecule has 1 fully saturated rings. The smallest absolute Gasteiger partial charge is 0.337 e. The van der Waals surface area contributed by atoms with Crippen LogP contribution in [0.2, 0.25) is 0 Å². The molecule has 0 unspecified atom stereocenters. The third kappa shape index (κ3) is 3.68. The molecule has 7 heteroatoms. The molecule has 1 amide bonds. The van der Waals surface area contributed by atoms with Crippen LogP contribution in [-0.2, 0) is 9.53 Å². The van der Waals surface area contributed by atoms with Crippen molar-refractivity contribution in [3.63, 3.8) is 0 Å². The van der Waals surface area contributed by atoms with Crippen molar-refractivity contribution in [2.75, 3.05) is 13.7 Å². The standard InChI is InChI=1S/C21H20N2O3S2/c1-5-9-22-19(24)18(28-21(22)27)12-16-10-13(2)23(14(16)3)17-8-6-7-15(11-17)20(25)26-4/h5-8,10-12H,1,9H2,2-4H3/b18-12-. The lowest BCUT2D eigenvalue weighted by Gasteiger charge is -2.11. The number of rotatable bonds is 5. The van der Waals surface area contributed by atoms with E-state index in [1.54, 1.807) is 18.2 Å². The molecule has 28 heavy (non-hydrogen) atoms. The summed E-state index contributed by atoms with van der Waals surface area (Å²) in [6.45, 7) is 8.04. The van der Waals surface area contributed by atoms with E-state index in [4.69, 9.17) is 17.0 Å². The van der Waals surface area contributed by atoms with Gasteiger partial charge in [-0.05, 0) is 49.8 Å². The second-order valence-corrected chi connectivity index (χ2v) is 7.96. The number of hydrogen-bond donors (Lipinski definition) is 0. The van der Waals surface area contributed by atoms with Crippen molar-refractivity contribution in [1.29, 1.82) is 0 Å². The highest BCUT2D eigenvalue weighted by molar-refractivity contribution is 8.26. The van der Waals surface area contributed by atoms with Gasteiger partial charge in [-0.3, -0.25) is 9.69 Å². The maximum Gasteiger partial charge on any atom is 0.337 e. The van der Waals surface area contributed by atoms with E-state index in [0.29, 0.717) is 21.3 Å². The van der Waals surface area contributed by atoms with Crippen LogP contribution in [0.3, 0.4) is 0 Å². The summed E-state index contributed by atoms with van der Waals surface area (Å²) in [5.41, 5.74) is 4.23. The highest BCUT2D eigenvalue weighted by Gasteiger charge is 2.31. The number of aryl methyl sites for hydroxylation is 1. The van der Waals surface area contributed by atoms with Gasteiger partial charge >= 0.3 is 5.97 Å². The Morgan fingerprint density at radius 1 is 1.32 bits per heavy atom. The van der Waals surface area contributed by atoms with Crippen molar-refractivity contribution in [3.05, 3.63) is 70.4 Å². The Labute approximate surface area is 173 Å². The molecule has 3 rings (SSSR count). The van der Waals surface area contributed by atoms with E-state index in [9.17, 15) is 9.59 Å². The average Bonchev–Trinajstić information content (AvgIpc) is 3.11. The number of nitrogens with zero attached hydrogens (tertiary/aromatic N) is 2. The second kappa shape index (κ2) is 8.16. The monoisotopic (exact) mass is 412 g/mol. The molecule has 0 atom stereocenters. The van der Waals surface area contributed by atoms with Gasteiger partial charge in [0.2, 0.25) is 0 Å². The highest BCUT2D eigenvalue weighted by Crippen LogP contribution is 2.34. The first-order valence-corrected chi connectivity index (χ1v) is 9.83. The van der Waals surface area contributed by atoms with Crippen LogP contribution >= 0.6 is 24.0 Å². The maximum atomic E-state index is 12.6. The number of carbonyl (C=O) groups excluding carboxylic acids is 2. The fourth-order valence-corrected chi connectivity index (χ4v) is 4.41. The molecule has 0 N–H and O–H groups in total. The number of esters is 1. The van der Waals surface area contributed by atoms with Crippen LogP contribution in [0.5, 0.6) is 0 Å². The van der Waals surface area contributed by atoms with E-state index in [1.807, 2.05) is 42.7 Å². The molecule has 0 aliphatic carbocycles. The molecular formula is C21H20N2O3S2. The molecule has 0 spiro atoms. The molecule has 0 radical (unpaired) electrons. The molecule has 2 heterocycles. The van der Waals surface area contributed by atoms with Crippen molar-refractivity contribution in [3.8, 4) is 5.69 Å². The summed E-state index contributed by atoms with van der Waals surface area (Å²) < 4.78 is 7.39. The minimum Gasteiger partial charge on any atom is -0.465 e. The molecule has 1 aliphatic heterocycles. The van der Waals surface area contributed by atoms with E-state index in [0.717, 1.165) is 22.6 Å². The van der Waals surface area contributed by atoms with E-state index in [1.165, 1.54) is 23.8 Å². The lowest BCUT2D eigenvalue weighted by molar-refractivity contribution is -0.121. The summed E-state index contributed by atoms with van der Waals surface area (Å²) in [6.07, 6.45) is 3.53. The van der Waals surface area contributed by atoms with Crippen LogP contribution < -0.4 is 0 Å². The van der Waals surface area contributed by atoms with Crippen LogP contribution in [0.15, 0.2) is 47.9 Å². The Kier molecular flexibility index (Phi) is 5.86. The van der Waals surface area contributed by atoms with Gasteiger partial charge in [-0.1, -0.05) is 36.1 Å². The molecule has 0 bridgehead atoms. The number of ether oxygens (including phenoxy) is 1. The second-order valence-electron chi connectivity index (χ2n) is 6.28. The first-order valence-electron chi connectivity index (χ1n) is 8.61. The van der Waals surface area contributed by atoms with Gasteiger partial charge in [0, 0.05) is 23.6 Å². The molecule has 0 saturated carbocycles. The Hall–Kier alpha value is -2.64. The summed E-state index contributed by atoms with van der Waals surface area (Å²) in [6, 6.07) is 9.27. The van der Waals surface area contributed by atoms with Gasteiger partial charge in [0.05, 0.1) is 17.6 Å². The molecule has 2 aromatic rings. The highest BCUT2D eigenvalue weighted by atomic mass is 32.2. The minimum atomic E-state index is -0.379. The van der Waals surface area contributed by atoms with E-state index in [-0.39, 0.29) is 11.9 Å². The Bertz CT molecular complexity index is 1020. The van der Waals surface area contributed by atoms with E-state index in [2.05, 4.69) is 6.58 Å². The number of benzene rings is 1. The van der Waals surface area contributed by atoms with Gasteiger partial charge in [-0.15, -0.1) is 6.58 Å². The summed E-state index contributed by atoms with van der Waals surface area (Å²) in [7, 11) is 1.36. The van der Waals surface area contributed by atoms with E-state index < -0.39 is 0 Å². The van der Waals surface area contributed by atoms with Crippen molar-refractivity contribution >= 4 is 46.3 Å². The average molecular weight is 413 g/mol. The predicted octanol–water partition coefficient (Wildman–Crippen LogP) is 4.27. The van der Waals surface area contributed by atoms with Gasteiger partial charge in [0.25, 0.3) is 5.91 Å². The third-order valence-corrected chi connectivity index (χ3v) is 5.85. The van der Waals surface area contributed by atoms with Gasteiger partial charge in [-0.2, -0.15) is 0 Å². The molecule has 5 nitrogen and oxygen atoms in total. The van der Waals surface area contributed by atoms with Crippen molar-refractivity contribution in [2.45, 2.75) is 13.8 Å². The van der Waals surface area contributed by atoms with Gasteiger partial charge in [0.15, 0.2) is 0 Å². The Balaban J connectivity index is 2.00. The zero-order chi connectivity index (χ0) is 20.4. The predicted molar refractivity (Wildman–Crippen MR) is 117 cm³/mol. The number of hydrogen-bond acceptors (Lipinski definition) is 5. The van der Waals surface area contributed by atoms with Gasteiger partial charge < -0.3 is 9.30 Å². The lowest BCUT2D eigenvalue weighted by Crippen LogP contribution is -2.27. The molecule has 1 aromatic heterocycles. The summed E-state index contributed by atoms with van der Waals surface area (Å²) >= 11 is 6.59. The van der Waals surface area contributed by atoms with Crippen LogP contribution in [-0.4, -0.2) is 39.3 Å². The van der Waals surface area contributed by atoms with Crippen molar-refractivity contribution in [2.24, 2.45) is 0 Å². The fourth-order valence-electron chi connectivity index (χ4n) is 3.15.